The van der Waals surface area contributed by atoms with E-state index in [4.69, 9.17) is 10.0 Å². The molecule has 3 nitrogen and oxygen atoms in total. The molecular formula is C13H8BF5O3. The topological polar surface area (TPSA) is 49.7 Å². The van der Waals surface area contributed by atoms with Gasteiger partial charge in [-0.1, -0.05) is 18.2 Å². The quantitative estimate of drug-likeness (QED) is 0.394. The lowest BCUT2D eigenvalue weighted by Crippen LogP contribution is -2.21. The highest BCUT2D eigenvalue weighted by Gasteiger charge is 2.26. The smallest absolute Gasteiger partial charge is 0.512 e. The normalized spacial score (nSPS) is 10.7. The molecule has 0 heterocycles. The summed E-state index contributed by atoms with van der Waals surface area (Å²) in [5.41, 5.74) is -1.03. The molecule has 22 heavy (non-hydrogen) atoms. The van der Waals surface area contributed by atoms with Crippen molar-refractivity contribution in [1.82, 2.24) is 0 Å². The van der Waals surface area contributed by atoms with E-state index in [-0.39, 0.29) is 11.3 Å². The summed E-state index contributed by atoms with van der Waals surface area (Å²) < 4.78 is 71.1. The summed E-state index contributed by atoms with van der Waals surface area (Å²) in [5, 5.41) is 17.5. The molecule has 0 bridgehead atoms. The maximum absolute atomic E-state index is 13.6. The van der Waals surface area contributed by atoms with Gasteiger partial charge in [0.15, 0.2) is 23.3 Å². The van der Waals surface area contributed by atoms with E-state index in [2.05, 4.69) is 4.65 Å². The molecule has 2 N–H and O–H groups in total. The number of hydrogen-bond donors (Lipinski definition) is 2. The molecule has 0 fully saturated rings. The van der Waals surface area contributed by atoms with Crippen molar-refractivity contribution in [2.45, 2.75) is 6.42 Å². The molecular weight excluding hydrogens is 310 g/mol. The molecule has 116 valence electrons. The van der Waals surface area contributed by atoms with Crippen molar-refractivity contribution >= 4 is 7.32 Å². The Morgan fingerprint density at radius 3 is 1.86 bits per heavy atom. The van der Waals surface area contributed by atoms with Gasteiger partial charge in [-0.05, 0) is 11.6 Å². The molecule has 0 aromatic heterocycles. The second-order valence-corrected chi connectivity index (χ2v) is 4.28. The Bertz CT molecular complexity index is 679. The van der Waals surface area contributed by atoms with Gasteiger partial charge in [0.25, 0.3) is 0 Å². The number of hydrogen-bond acceptors (Lipinski definition) is 3. The largest absolute Gasteiger partial charge is 0.707 e. The molecule has 0 radical (unpaired) electrons. The number of halogens is 5. The third-order valence-electron chi connectivity index (χ3n) is 2.87. The first-order chi connectivity index (χ1) is 10.3. The third-order valence-corrected chi connectivity index (χ3v) is 2.87. The lowest BCUT2D eigenvalue weighted by atomic mass is 10.0. The van der Waals surface area contributed by atoms with Crippen LogP contribution in [-0.2, 0) is 6.42 Å². The van der Waals surface area contributed by atoms with Crippen LogP contribution in [-0.4, -0.2) is 17.4 Å². The van der Waals surface area contributed by atoms with E-state index < -0.39 is 48.4 Å². The van der Waals surface area contributed by atoms with E-state index in [1.807, 2.05) is 0 Å². The summed E-state index contributed by atoms with van der Waals surface area (Å²) >= 11 is 0. The minimum atomic E-state index is -2.24. The maximum Gasteiger partial charge on any atom is 0.707 e. The summed E-state index contributed by atoms with van der Waals surface area (Å²) in [5.74, 6) is -10.4. The van der Waals surface area contributed by atoms with Gasteiger partial charge in [-0.2, -0.15) is 0 Å². The molecule has 2 aromatic rings. The Labute approximate surface area is 121 Å². The lowest BCUT2D eigenvalue weighted by molar-refractivity contribution is 0.287. The number of benzene rings is 2. The maximum atomic E-state index is 13.6. The molecule has 0 aliphatic rings. The van der Waals surface area contributed by atoms with Gasteiger partial charge in [0.2, 0.25) is 5.82 Å². The van der Waals surface area contributed by atoms with Gasteiger partial charge >= 0.3 is 7.32 Å². The van der Waals surface area contributed by atoms with Crippen molar-refractivity contribution in [1.29, 1.82) is 0 Å². The highest BCUT2D eigenvalue weighted by Crippen LogP contribution is 2.28. The van der Waals surface area contributed by atoms with Crippen molar-refractivity contribution in [3.05, 3.63) is 64.5 Å². The van der Waals surface area contributed by atoms with Crippen LogP contribution in [0.4, 0.5) is 22.0 Å². The fourth-order valence-corrected chi connectivity index (χ4v) is 1.87. The molecule has 0 unspecified atom stereocenters. The van der Waals surface area contributed by atoms with Gasteiger partial charge in [-0.3, -0.25) is 0 Å². The van der Waals surface area contributed by atoms with Crippen LogP contribution in [0.3, 0.4) is 0 Å². The van der Waals surface area contributed by atoms with Crippen molar-refractivity contribution in [2.75, 3.05) is 0 Å². The zero-order valence-electron chi connectivity index (χ0n) is 10.8. The first-order valence-electron chi connectivity index (χ1n) is 5.94. The summed E-state index contributed by atoms with van der Waals surface area (Å²) in [4.78, 5) is 0. The molecule has 9 heteroatoms. The van der Waals surface area contributed by atoms with Gasteiger partial charge in [0.1, 0.15) is 5.75 Å². The van der Waals surface area contributed by atoms with Crippen molar-refractivity contribution in [2.24, 2.45) is 0 Å². The van der Waals surface area contributed by atoms with E-state index in [0.717, 1.165) is 0 Å². The van der Waals surface area contributed by atoms with E-state index >= 15 is 0 Å². The molecule has 0 saturated carbocycles. The Hall–Kier alpha value is -2.13. The predicted octanol–water partition coefficient (Wildman–Crippen LogP) is 2.32. The van der Waals surface area contributed by atoms with Gasteiger partial charge in [-0.25, -0.2) is 22.0 Å². The van der Waals surface area contributed by atoms with Crippen LogP contribution in [0, 0.1) is 29.1 Å². The Morgan fingerprint density at radius 1 is 0.818 bits per heavy atom. The predicted molar refractivity (Wildman–Crippen MR) is 66.3 cm³/mol. The number of rotatable bonds is 4. The molecule has 0 atom stereocenters. The summed E-state index contributed by atoms with van der Waals surface area (Å²) in [6.07, 6.45) is -0.686. The van der Waals surface area contributed by atoms with E-state index in [0.29, 0.717) is 0 Å². The van der Waals surface area contributed by atoms with Crippen molar-refractivity contribution in [3.8, 4) is 5.75 Å². The Kier molecular flexibility index (Phi) is 4.67. The number of para-hydroxylation sites is 1. The van der Waals surface area contributed by atoms with E-state index in [1.54, 1.807) is 0 Å². The molecule has 0 saturated heterocycles. The molecule has 0 aliphatic carbocycles. The van der Waals surface area contributed by atoms with Crippen LogP contribution in [0.5, 0.6) is 5.75 Å². The summed E-state index contributed by atoms with van der Waals surface area (Å²) in [6.45, 7) is 0. The van der Waals surface area contributed by atoms with Crippen LogP contribution >= 0.6 is 0 Å². The average Bonchev–Trinajstić information content (AvgIpc) is 2.48. The first-order valence-corrected chi connectivity index (χ1v) is 5.94. The second kappa shape index (κ2) is 6.33. The summed E-state index contributed by atoms with van der Waals surface area (Å²) in [6, 6.07) is 5.40. The molecule has 0 spiro atoms. The molecule has 2 aromatic carbocycles. The van der Waals surface area contributed by atoms with E-state index in [1.165, 1.54) is 24.3 Å². The van der Waals surface area contributed by atoms with Gasteiger partial charge in [-0.15, -0.1) is 0 Å². The fourth-order valence-electron chi connectivity index (χ4n) is 1.87. The standard InChI is InChI=1S/C13H8BF5O3/c15-9-7(10(16)12(18)13(19)11(9)17)5-6-3-1-2-4-8(6)22-14(20)21/h1-4,20-21H,5H2. The minimum absolute atomic E-state index is 0.0128. The zero-order chi connectivity index (χ0) is 16.4. The van der Waals surface area contributed by atoms with E-state index in [9.17, 15) is 22.0 Å². The molecule has 0 aliphatic heterocycles. The Balaban J connectivity index is 2.49. The lowest BCUT2D eigenvalue weighted by Gasteiger charge is -2.12. The SMILES string of the molecule is OB(O)Oc1ccccc1Cc1c(F)c(F)c(F)c(F)c1F. The third kappa shape index (κ3) is 3.05. The zero-order valence-corrected chi connectivity index (χ0v) is 10.8. The van der Waals surface area contributed by atoms with Crippen LogP contribution < -0.4 is 4.65 Å². The van der Waals surface area contributed by atoms with Crippen LogP contribution in [0.15, 0.2) is 24.3 Å². The van der Waals surface area contributed by atoms with Crippen molar-refractivity contribution in [3.63, 3.8) is 0 Å². The highest BCUT2D eigenvalue weighted by atomic mass is 19.2. The monoisotopic (exact) mass is 318 g/mol. The fraction of sp³-hybridized carbons (Fsp3) is 0.0769. The average molecular weight is 318 g/mol. The van der Waals surface area contributed by atoms with Crippen LogP contribution in [0.2, 0.25) is 0 Å². The van der Waals surface area contributed by atoms with Crippen LogP contribution in [0.1, 0.15) is 11.1 Å². The summed E-state index contributed by atoms with van der Waals surface area (Å²) in [7, 11) is -2.20. The van der Waals surface area contributed by atoms with Gasteiger partial charge in [0, 0.05) is 12.0 Å². The van der Waals surface area contributed by atoms with Crippen molar-refractivity contribution < 1.29 is 36.7 Å². The van der Waals surface area contributed by atoms with Gasteiger partial charge in [0.05, 0.1) is 0 Å². The first kappa shape index (κ1) is 16.2. The second-order valence-electron chi connectivity index (χ2n) is 4.28. The molecule has 0 amide bonds. The highest BCUT2D eigenvalue weighted by molar-refractivity contribution is 6.33. The minimum Gasteiger partial charge on any atom is -0.512 e. The van der Waals surface area contributed by atoms with Crippen LogP contribution in [0.25, 0.3) is 0 Å². The Morgan fingerprint density at radius 2 is 1.32 bits per heavy atom. The van der Waals surface area contributed by atoms with Gasteiger partial charge < -0.3 is 14.7 Å². The molecule has 2 rings (SSSR count).